The van der Waals surface area contributed by atoms with Crippen LogP contribution in [-0.4, -0.2) is 14.2 Å². The maximum Gasteiger partial charge on any atom is 0.119 e. The third kappa shape index (κ3) is 3.65. The number of hydrogen-bond donors (Lipinski definition) is 0. The van der Waals surface area contributed by atoms with Gasteiger partial charge in [-0.2, -0.15) is 0 Å². The Morgan fingerprint density at radius 3 is 2.26 bits per heavy atom. The molecule has 0 amide bonds. The largest absolute Gasteiger partial charge is 0.497 e. The van der Waals surface area contributed by atoms with Gasteiger partial charge in [-0.05, 0) is 41.8 Å². The molecule has 0 N–H and O–H groups in total. The molecular weight excluding hydrogens is 260 g/mol. The minimum absolute atomic E-state index is 0.0574. The maximum atomic E-state index is 6.45. The smallest absolute Gasteiger partial charge is 0.119 e. The molecule has 1 unspecified atom stereocenters. The van der Waals surface area contributed by atoms with Gasteiger partial charge >= 0.3 is 0 Å². The molecular formula is C16H17ClO2. The van der Waals surface area contributed by atoms with Gasteiger partial charge in [-0.15, -0.1) is 11.6 Å². The molecule has 2 nitrogen and oxygen atoms in total. The monoisotopic (exact) mass is 276 g/mol. The van der Waals surface area contributed by atoms with Gasteiger partial charge in [-0.25, -0.2) is 0 Å². The summed E-state index contributed by atoms with van der Waals surface area (Å²) in [4.78, 5) is 0. The van der Waals surface area contributed by atoms with Crippen molar-refractivity contribution in [1.82, 2.24) is 0 Å². The predicted octanol–water partition coefficient (Wildman–Crippen LogP) is 4.23. The molecule has 1 atom stereocenters. The summed E-state index contributed by atoms with van der Waals surface area (Å²) in [7, 11) is 3.32. The van der Waals surface area contributed by atoms with Crippen molar-refractivity contribution < 1.29 is 9.47 Å². The molecule has 0 saturated carbocycles. The Morgan fingerprint density at radius 2 is 1.63 bits per heavy atom. The van der Waals surface area contributed by atoms with Crippen molar-refractivity contribution in [3.05, 3.63) is 59.7 Å². The van der Waals surface area contributed by atoms with Crippen molar-refractivity contribution in [2.24, 2.45) is 0 Å². The van der Waals surface area contributed by atoms with Crippen LogP contribution in [0, 0.1) is 0 Å². The van der Waals surface area contributed by atoms with Gasteiger partial charge in [0.1, 0.15) is 11.5 Å². The van der Waals surface area contributed by atoms with Crippen LogP contribution in [0.4, 0.5) is 0 Å². The highest BCUT2D eigenvalue weighted by Gasteiger charge is 2.09. The highest BCUT2D eigenvalue weighted by molar-refractivity contribution is 6.20. The lowest BCUT2D eigenvalue weighted by molar-refractivity contribution is 0.414. The van der Waals surface area contributed by atoms with Gasteiger partial charge in [0.15, 0.2) is 0 Å². The van der Waals surface area contributed by atoms with E-state index < -0.39 is 0 Å². The van der Waals surface area contributed by atoms with E-state index in [1.165, 1.54) is 0 Å². The molecule has 2 rings (SSSR count). The minimum Gasteiger partial charge on any atom is -0.497 e. The Bertz CT molecular complexity index is 523. The Hall–Kier alpha value is -1.67. The minimum atomic E-state index is -0.0574. The van der Waals surface area contributed by atoms with Gasteiger partial charge < -0.3 is 9.47 Å². The highest BCUT2D eigenvalue weighted by atomic mass is 35.5. The first-order valence-corrected chi connectivity index (χ1v) is 6.57. The fraction of sp³-hybridized carbons (Fsp3) is 0.250. The van der Waals surface area contributed by atoms with Crippen LogP contribution < -0.4 is 9.47 Å². The average molecular weight is 277 g/mol. The van der Waals surface area contributed by atoms with E-state index in [1.807, 2.05) is 42.5 Å². The zero-order valence-corrected chi connectivity index (χ0v) is 11.9. The second-order valence-corrected chi connectivity index (χ2v) is 4.82. The Kier molecular flexibility index (Phi) is 4.69. The predicted molar refractivity (Wildman–Crippen MR) is 78.3 cm³/mol. The molecule has 0 aliphatic heterocycles. The number of methoxy groups -OCH3 is 2. The zero-order valence-electron chi connectivity index (χ0n) is 11.1. The first kappa shape index (κ1) is 13.8. The van der Waals surface area contributed by atoms with Gasteiger partial charge in [-0.3, -0.25) is 0 Å². The third-order valence-corrected chi connectivity index (χ3v) is 3.43. The molecule has 0 aromatic heterocycles. The first-order chi connectivity index (χ1) is 9.22. The SMILES string of the molecule is COc1ccc(C(Cl)Cc2cccc(OC)c2)cc1. The van der Waals surface area contributed by atoms with Crippen molar-refractivity contribution in [3.63, 3.8) is 0 Å². The molecule has 0 heterocycles. The van der Waals surface area contributed by atoms with Gasteiger partial charge in [0.2, 0.25) is 0 Å². The number of ether oxygens (including phenoxy) is 2. The van der Waals surface area contributed by atoms with E-state index in [-0.39, 0.29) is 5.38 Å². The van der Waals surface area contributed by atoms with Crippen LogP contribution in [0.15, 0.2) is 48.5 Å². The van der Waals surface area contributed by atoms with Crippen molar-refractivity contribution in [3.8, 4) is 11.5 Å². The van der Waals surface area contributed by atoms with Crippen molar-refractivity contribution >= 4 is 11.6 Å². The second kappa shape index (κ2) is 6.48. The molecule has 0 aliphatic carbocycles. The molecule has 100 valence electrons. The number of rotatable bonds is 5. The summed E-state index contributed by atoms with van der Waals surface area (Å²) in [6.45, 7) is 0. The summed E-state index contributed by atoms with van der Waals surface area (Å²) in [5.41, 5.74) is 2.25. The zero-order chi connectivity index (χ0) is 13.7. The third-order valence-electron chi connectivity index (χ3n) is 3.03. The Balaban J connectivity index is 2.08. The van der Waals surface area contributed by atoms with Crippen LogP contribution in [0.5, 0.6) is 11.5 Å². The lowest BCUT2D eigenvalue weighted by Gasteiger charge is -2.11. The van der Waals surface area contributed by atoms with E-state index >= 15 is 0 Å². The van der Waals surface area contributed by atoms with Crippen LogP contribution in [0.3, 0.4) is 0 Å². The van der Waals surface area contributed by atoms with Crippen molar-refractivity contribution in [2.45, 2.75) is 11.8 Å². The molecule has 0 spiro atoms. The highest BCUT2D eigenvalue weighted by Crippen LogP contribution is 2.27. The van der Waals surface area contributed by atoms with Crippen LogP contribution in [-0.2, 0) is 6.42 Å². The quantitative estimate of drug-likeness (QED) is 0.761. The summed E-state index contributed by atoms with van der Waals surface area (Å²) in [6, 6.07) is 15.8. The van der Waals surface area contributed by atoms with E-state index in [9.17, 15) is 0 Å². The normalized spacial score (nSPS) is 11.9. The summed E-state index contributed by atoms with van der Waals surface area (Å²) in [6.07, 6.45) is 0.769. The number of halogens is 1. The lowest BCUT2D eigenvalue weighted by Crippen LogP contribution is -1.96. The Labute approximate surface area is 118 Å². The van der Waals surface area contributed by atoms with Gasteiger partial charge in [0.25, 0.3) is 0 Å². The summed E-state index contributed by atoms with van der Waals surface area (Å²) < 4.78 is 10.4. The average Bonchev–Trinajstić information content (AvgIpc) is 2.47. The molecule has 2 aromatic rings. The number of benzene rings is 2. The first-order valence-electron chi connectivity index (χ1n) is 6.14. The van der Waals surface area contributed by atoms with Crippen LogP contribution >= 0.6 is 11.6 Å². The van der Waals surface area contributed by atoms with E-state index in [1.54, 1.807) is 14.2 Å². The van der Waals surface area contributed by atoms with E-state index in [4.69, 9.17) is 21.1 Å². The van der Waals surface area contributed by atoms with E-state index in [0.29, 0.717) is 0 Å². The lowest BCUT2D eigenvalue weighted by atomic mass is 10.0. The standard InChI is InChI=1S/C16H17ClO2/c1-18-14-8-6-13(7-9-14)16(17)11-12-4-3-5-15(10-12)19-2/h3-10,16H,11H2,1-2H3. The molecule has 19 heavy (non-hydrogen) atoms. The van der Waals surface area contributed by atoms with Crippen molar-refractivity contribution in [2.75, 3.05) is 14.2 Å². The Morgan fingerprint density at radius 1 is 0.947 bits per heavy atom. The number of hydrogen-bond acceptors (Lipinski definition) is 2. The summed E-state index contributed by atoms with van der Waals surface area (Å²) in [5, 5.41) is -0.0574. The number of alkyl halides is 1. The van der Waals surface area contributed by atoms with Crippen LogP contribution in [0.2, 0.25) is 0 Å². The van der Waals surface area contributed by atoms with E-state index in [0.717, 1.165) is 29.0 Å². The fourth-order valence-corrected chi connectivity index (χ4v) is 2.26. The summed E-state index contributed by atoms with van der Waals surface area (Å²) >= 11 is 6.45. The summed E-state index contributed by atoms with van der Waals surface area (Å²) in [5.74, 6) is 1.70. The van der Waals surface area contributed by atoms with Gasteiger partial charge in [0, 0.05) is 0 Å². The van der Waals surface area contributed by atoms with Crippen LogP contribution in [0.25, 0.3) is 0 Å². The van der Waals surface area contributed by atoms with E-state index in [2.05, 4.69) is 6.07 Å². The maximum absolute atomic E-state index is 6.45. The van der Waals surface area contributed by atoms with Crippen LogP contribution in [0.1, 0.15) is 16.5 Å². The molecule has 2 aromatic carbocycles. The topological polar surface area (TPSA) is 18.5 Å². The molecule has 0 fully saturated rings. The second-order valence-electron chi connectivity index (χ2n) is 4.30. The van der Waals surface area contributed by atoms with Gasteiger partial charge in [-0.1, -0.05) is 24.3 Å². The molecule has 0 saturated heterocycles. The fourth-order valence-electron chi connectivity index (χ4n) is 1.94. The van der Waals surface area contributed by atoms with Crippen molar-refractivity contribution in [1.29, 1.82) is 0 Å². The molecule has 0 aliphatic rings. The van der Waals surface area contributed by atoms with Gasteiger partial charge in [0.05, 0.1) is 19.6 Å². The molecule has 3 heteroatoms. The molecule has 0 bridgehead atoms. The molecule has 0 radical (unpaired) electrons.